The summed E-state index contributed by atoms with van der Waals surface area (Å²) in [6.45, 7) is 3.01. The topological polar surface area (TPSA) is 84.2 Å². The van der Waals surface area contributed by atoms with E-state index in [0.717, 1.165) is 6.07 Å². The van der Waals surface area contributed by atoms with E-state index in [-0.39, 0.29) is 5.92 Å². The van der Waals surface area contributed by atoms with E-state index in [1.807, 2.05) is 5.32 Å². The number of amides is 2. The van der Waals surface area contributed by atoms with Gasteiger partial charge in [-0.25, -0.2) is 13.2 Å². The van der Waals surface area contributed by atoms with Crippen molar-refractivity contribution in [2.45, 2.75) is 19.9 Å². The number of nitrogens with two attached hydrogens (primary N) is 1. The van der Waals surface area contributed by atoms with Gasteiger partial charge in [-0.1, -0.05) is 13.8 Å². The Morgan fingerprint density at radius 1 is 1.19 bits per heavy atom. The minimum absolute atomic E-state index is 0.114. The lowest BCUT2D eigenvalue weighted by molar-refractivity contribution is -0.125. The summed E-state index contributed by atoms with van der Waals surface area (Å²) in [5.41, 5.74) is 5.05. The van der Waals surface area contributed by atoms with Crippen LogP contribution in [-0.4, -0.2) is 24.4 Å². The standard InChI is InChI=1S/C13H16F3N3O2/c1-6(2)12(17)13(21)18-5-9(20)19-8-4-3-7(14)10(15)11(8)16/h3-4,6,12H,5,17H2,1-2H3,(H,18,21)(H,19,20)/t12-/m0/s1. The Morgan fingerprint density at radius 3 is 2.38 bits per heavy atom. The highest BCUT2D eigenvalue weighted by atomic mass is 19.2. The number of halogens is 3. The third-order valence-electron chi connectivity index (χ3n) is 2.75. The average Bonchev–Trinajstić information content (AvgIpc) is 2.44. The van der Waals surface area contributed by atoms with E-state index in [0.29, 0.717) is 6.07 Å². The minimum Gasteiger partial charge on any atom is -0.346 e. The third-order valence-corrected chi connectivity index (χ3v) is 2.75. The van der Waals surface area contributed by atoms with Crippen LogP contribution in [0.5, 0.6) is 0 Å². The fraction of sp³-hybridized carbons (Fsp3) is 0.385. The van der Waals surface area contributed by atoms with E-state index in [2.05, 4.69) is 5.32 Å². The number of hydrogen-bond donors (Lipinski definition) is 3. The molecule has 4 N–H and O–H groups in total. The summed E-state index contributed by atoms with van der Waals surface area (Å²) < 4.78 is 39.0. The van der Waals surface area contributed by atoms with Crippen LogP contribution in [0.4, 0.5) is 18.9 Å². The molecular formula is C13H16F3N3O2. The Morgan fingerprint density at radius 2 is 1.81 bits per heavy atom. The first kappa shape index (κ1) is 17.0. The molecule has 0 radical (unpaired) electrons. The van der Waals surface area contributed by atoms with Gasteiger partial charge in [0.25, 0.3) is 0 Å². The summed E-state index contributed by atoms with van der Waals surface area (Å²) in [6.07, 6.45) is 0. The van der Waals surface area contributed by atoms with Crippen molar-refractivity contribution < 1.29 is 22.8 Å². The van der Waals surface area contributed by atoms with Crippen molar-refractivity contribution in [3.05, 3.63) is 29.6 Å². The molecule has 0 aliphatic heterocycles. The van der Waals surface area contributed by atoms with Crippen molar-refractivity contribution in [2.75, 3.05) is 11.9 Å². The average molecular weight is 303 g/mol. The normalized spacial score (nSPS) is 12.1. The maximum absolute atomic E-state index is 13.3. The van der Waals surface area contributed by atoms with Crippen molar-refractivity contribution >= 4 is 17.5 Å². The van der Waals surface area contributed by atoms with Gasteiger partial charge in [0.2, 0.25) is 11.8 Å². The number of anilines is 1. The maximum Gasteiger partial charge on any atom is 0.243 e. The van der Waals surface area contributed by atoms with Gasteiger partial charge in [0.05, 0.1) is 18.3 Å². The van der Waals surface area contributed by atoms with E-state index >= 15 is 0 Å². The van der Waals surface area contributed by atoms with E-state index in [4.69, 9.17) is 5.73 Å². The Kier molecular flexibility index (Phi) is 5.71. The predicted molar refractivity (Wildman–Crippen MR) is 70.8 cm³/mol. The second kappa shape index (κ2) is 7.07. The highest BCUT2D eigenvalue weighted by Crippen LogP contribution is 2.19. The maximum atomic E-state index is 13.3. The molecule has 0 heterocycles. The van der Waals surface area contributed by atoms with Crippen LogP contribution < -0.4 is 16.4 Å². The van der Waals surface area contributed by atoms with Crippen LogP contribution in [0.3, 0.4) is 0 Å². The summed E-state index contributed by atoms with van der Waals surface area (Å²) in [4.78, 5) is 23.0. The zero-order chi connectivity index (χ0) is 16.2. The Hall–Kier alpha value is -2.09. The number of rotatable bonds is 5. The van der Waals surface area contributed by atoms with Crippen LogP contribution >= 0.6 is 0 Å². The summed E-state index contributed by atoms with van der Waals surface area (Å²) >= 11 is 0. The molecule has 2 amide bonds. The highest BCUT2D eigenvalue weighted by Gasteiger charge is 2.19. The van der Waals surface area contributed by atoms with Gasteiger partial charge in [0, 0.05) is 0 Å². The largest absolute Gasteiger partial charge is 0.346 e. The molecule has 0 unspecified atom stereocenters. The van der Waals surface area contributed by atoms with Crippen LogP contribution in [0, 0.1) is 23.4 Å². The van der Waals surface area contributed by atoms with Gasteiger partial charge in [0.15, 0.2) is 17.5 Å². The Balaban J connectivity index is 2.59. The van der Waals surface area contributed by atoms with Crippen molar-refractivity contribution in [3.63, 3.8) is 0 Å². The smallest absolute Gasteiger partial charge is 0.243 e. The van der Waals surface area contributed by atoms with E-state index < -0.39 is 47.5 Å². The minimum atomic E-state index is -1.68. The number of benzene rings is 1. The number of carbonyl (C=O) groups is 2. The van der Waals surface area contributed by atoms with Gasteiger partial charge in [-0.15, -0.1) is 0 Å². The molecule has 0 aliphatic carbocycles. The molecule has 0 bridgehead atoms. The molecule has 0 spiro atoms. The van der Waals surface area contributed by atoms with Crippen molar-refractivity contribution in [2.24, 2.45) is 11.7 Å². The number of hydrogen-bond acceptors (Lipinski definition) is 3. The molecule has 0 fully saturated rings. The Labute approximate surface area is 119 Å². The summed E-state index contributed by atoms with van der Waals surface area (Å²) in [5, 5.41) is 4.29. The Bertz CT molecular complexity index is 550. The van der Waals surface area contributed by atoms with E-state index in [9.17, 15) is 22.8 Å². The van der Waals surface area contributed by atoms with E-state index in [1.54, 1.807) is 13.8 Å². The molecular weight excluding hydrogens is 287 g/mol. The first-order valence-electron chi connectivity index (χ1n) is 6.20. The van der Waals surface area contributed by atoms with Crippen LogP contribution in [0.2, 0.25) is 0 Å². The van der Waals surface area contributed by atoms with E-state index in [1.165, 1.54) is 0 Å². The molecule has 21 heavy (non-hydrogen) atoms. The predicted octanol–water partition coefficient (Wildman–Crippen LogP) is 1.14. The van der Waals surface area contributed by atoms with Crippen LogP contribution in [0.1, 0.15) is 13.8 Å². The highest BCUT2D eigenvalue weighted by molar-refractivity contribution is 5.95. The molecule has 8 heteroatoms. The van der Waals surface area contributed by atoms with Gasteiger partial charge in [0.1, 0.15) is 0 Å². The monoisotopic (exact) mass is 303 g/mol. The summed E-state index contributed by atoms with van der Waals surface area (Å²) in [7, 11) is 0. The fourth-order valence-corrected chi connectivity index (χ4v) is 1.40. The number of nitrogens with one attached hydrogen (secondary N) is 2. The molecule has 1 rings (SSSR count). The lowest BCUT2D eigenvalue weighted by Crippen LogP contribution is -2.46. The van der Waals surface area contributed by atoms with Crippen LogP contribution in [-0.2, 0) is 9.59 Å². The first-order valence-corrected chi connectivity index (χ1v) is 6.20. The zero-order valence-corrected chi connectivity index (χ0v) is 11.5. The summed E-state index contributed by atoms with van der Waals surface area (Å²) in [5.74, 6) is -5.99. The molecule has 1 aromatic rings. The van der Waals surface area contributed by atoms with Crippen LogP contribution in [0.15, 0.2) is 12.1 Å². The van der Waals surface area contributed by atoms with Gasteiger partial charge >= 0.3 is 0 Å². The van der Waals surface area contributed by atoms with Gasteiger partial charge in [-0.2, -0.15) is 0 Å². The molecule has 116 valence electrons. The first-order chi connectivity index (χ1) is 9.73. The molecule has 0 aliphatic rings. The summed E-state index contributed by atoms with van der Waals surface area (Å²) in [6, 6.07) is 0.784. The second-order valence-corrected chi connectivity index (χ2v) is 4.76. The number of carbonyl (C=O) groups excluding carboxylic acids is 2. The molecule has 0 saturated heterocycles. The molecule has 0 saturated carbocycles. The SMILES string of the molecule is CC(C)[C@H](N)C(=O)NCC(=O)Nc1ccc(F)c(F)c1F. The van der Waals surface area contributed by atoms with Crippen molar-refractivity contribution in [1.82, 2.24) is 5.32 Å². The van der Waals surface area contributed by atoms with Crippen molar-refractivity contribution in [3.8, 4) is 0 Å². The molecule has 1 atom stereocenters. The second-order valence-electron chi connectivity index (χ2n) is 4.76. The molecule has 1 aromatic carbocycles. The molecule has 0 aromatic heterocycles. The lowest BCUT2D eigenvalue weighted by Gasteiger charge is -2.15. The van der Waals surface area contributed by atoms with Crippen molar-refractivity contribution in [1.29, 1.82) is 0 Å². The zero-order valence-electron chi connectivity index (χ0n) is 11.5. The van der Waals surface area contributed by atoms with Crippen LogP contribution in [0.25, 0.3) is 0 Å². The quantitative estimate of drug-likeness (QED) is 0.713. The third kappa shape index (κ3) is 4.45. The fourth-order valence-electron chi connectivity index (χ4n) is 1.40. The molecule has 5 nitrogen and oxygen atoms in total. The lowest BCUT2D eigenvalue weighted by atomic mass is 10.1. The van der Waals surface area contributed by atoms with Gasteiger partial charge in [-0.05, 0) is 18.1 Å². The van der Waals surface area contributed by atoms with Gasteiger partial charge < -0.3 is 16.4 Å². The van der Waals surface area contributed by atoms with Gasteiger partial charge in [-0.3, -0.25) is 9.59 Å².